The van der Waals surface area contributed by atoms with Gasteiger partial charge in [-0.2, -0.15) is 18.3 Å². The van der Waals surface area contributed by atoms with Gasteiger partial charge in [-0.1, -0.05) is 0 Å². The Morgan fingerprint density at radius 2 is 1.96 bits per heavy atom. The molecule has 1 fully saturated rings. The third-order valence-electron chi connectivity index (χ3n) is 4.53. The van der Waals surface area contributed by atoms with E-state index >= 15 is 0 Å². The fourth-order valence-corrected chi connectivity index (χ4v) is 3.00. The Hall–Kier alpha value is -2.10. The second kappa shape index (κ2) is 9.20. The van der Waals surface area contributed by atoms with Crippen molar-refractivity contribution in [2.24, 2.45) is 11.8 Å². The number of hydrogen-bond donors (Lipinski definition) is 2. The monoisotopic (exact) mass is 390 g/mol. The molecule has 2 aliphatic rings. The number of carboxylic acids is 1. The van der Waals surface area contributed by atoms with Crippen molar-refractivity contribution in [1.29, 1.82) is 0 Å². The third-order valence-corrected chi connectivity index (χ3v) is 4.53. The maximum Gasteiger partial charge on any atom is 0.490 e. The fourth-order valence-electron chi connectivity index (χ4n) is 3.00. The molecule has 0 radical (unpaired) electrons. The van der Waals surface area contributed by atoms with E-state index < -0.39 is 12.1 Å². The minimum Gasteiger partial charge on any atom is -0.475 e. The first-order valence-corrected chi connectivity index (χ1v) is 8.91. The molecule has 1 aromatic rings. The van der Waals surface area contributed by atoms with Crippen LogP contribution in [0.3, 0.4) is 0 Å². The van der Waals surface area contributed by atoms with Crippen LogP contribution in [0.15, 0.2) is 12.3 Å². The number of nitrogens with one attached hydrogen (secondary N) is 1. The van der Waals surface area contributed by atoms with E-state index in [1.807, 2.05) is 6.20 Å². The van der Waals surface area contributed by atoms with Crippen LogP contribution in [0.1, 0.15) is 31.4 Å². The summed E-state index contributed by atoms with van der Waals surface area (Å²) in [7, 11) is 2.15. The van der Waals surface area contributed by atoms with Gasteiger partial charge in [0.15, 0.2) is 0 Å². The lowest BCUT2D eigenvalue weighted by atomic mass is 10.1. The van der Waals surface area contributed by atoms with Crippen molar-refractivity contribution in [2.45, 2.75) is 44.9 Å². The lowest BCUT2D eigenvalue weighted by Crippen LogP contribution is -2.30. The van der Waals surface area contributed by atoms with Gasteiger partial charge in [-0.15, -0.1) is 0 Å². The highest BCUT2D eigenvalue weighted by molar-refractivity contribution is 5.76. The molecule has 1 aliphatic carbocycles. The number of aliphatic carboxylic acids is 1. The zero-order valence-electron chi connectivity index (χ0n) is 15.2. The summed E-state index contributed by atoms with van der Waals surface area (Å²) in [6, 6.07) is 2.09. The quantitative estimate of drug-likeness (QED) is 0.802. The number of carbonyl (C=O) groups excluding carboxylic acids is 1. The molecule has 1 aliphatic heterocycles. The Balaban J connectivity index is 0.000000321. The Morgan fingerprint density at radius 3 is 2.56 bits per heavy atom. The van der Waals surface area contributed by atoms with Crippen LogP contribution in [-0.2, 0) is 22.7 Å². The highest BCUT2D eigenvalue weighted by Crippen LogP contribution is 2.32. The van der Waals surface area contributed by atoms with E-state index in [1.54, 1.807) is 0 Å². The smallest absolute Gasteiger partial charge is 0.475 e. The number of carbonyl (C=O) groups is 2. The SMILES string of the molecule is CN1Cc2ccnn2CC(CCNC(=O)CC2CC2)C1.O=C(O)C(F)(F)F. The summed E-state index contributed by atoms with van der Waals surface area (Å²) in [5, 5.41) is 14.6. The molecular formula is C17H25F3N4O3. The summed E-state index contributed by atoms with van der Waals surface area (Å²) < 4.78 is 33.8. The summed E-state index contributed by atoms with van der Waals surface area (Å²) in [4.78, 5) is 22.9. The fraction of sp³-hybridized carbons (Fsp3) is 0.706. The van der Waals surface area contributed by atoms with Crippen molar-refractivity contribution in [3.05, 3.63) is 18.0 Å². The minimum atomic E-state index is -5.08. The molecule has 10 heteroatoms. The normalized spacial score (nSPS) is 20.1. The Morgan fingerprint density at radius 1 is 1.30 bits per heavy atom. The topological polar surface area (TPSA) is 87.5 Å². The highest BCUT2D eigenvalue weighted by atomic mass is 19.4. The van der Waals surface area contributed by atoms with E-state index in [0.29, 0.717) is 11.8 Å². The van der Waals surface area contributed by atoms with Gasteiger partial charge in [-0.05, 0) is 44.2 Å². The molecule has 1 atom stereocenters. The Bertz CT molecular complexity index is 644. The van der Waals surface area contributed by atoms with E-state index in [2.05, 4.69) is 33.1 Å². The molecule has 3 rings (SSSR count). The van der Waals surface area contributed by atoms with Crippen LogP contribution in [0.25, 0.3) is 0 Å². The maximum atomic E-state index is 11.7. The molecule has 1 unspecified atom stereocenters. The molecule has 0 spiro atoms. The van der Waals surface area contributed by atoms with E-state index in [0.717, 1.165) is 39.0 Å². The first-order chi connectivity index (χ1) is 12.6. The zero-order valence-corrected chi connectivity index (χ0v) is 15.2. The van der Waals surface area contributed by atoms with Crippen LogP contribution in [0.5, 0.6) is 0 Å². The number of aromatic nitrogens is 2. The zero-order chi connectivity index (χ0) is 20.0. The second-order valence-electron chi connectivity index (χ2n) is 7.16. The molecule has 0 saturated heterocycles. The third kappa shape index (κ3) is 7.58. The number of nitrogens with zero attached hydrogens (tertiary/aromatic N) is 3. The lowest BCUT2D eigenvalue weighted by Gasteiger charge is -2.19. The summed E-state index contributed by atoms with van der Waals surface area (Å²) in [5.74, 6) is -1.30. The molecule has 1 saturated carbocycles. The predicted molar refractivity (Wildman–Crippen MR) is 90.7 cm³/mol. The number of halogens is 3. The number of amides is 1. The van der Waals surface area contributed by atoms with Crippen LogP contribution in [0.4, 0.5) is 13.2 Å². The van der Waals surface area contributed by atoms with E-state index in [1.165, 1.54) is 18.5 Å². The molecule has 0 aromatic carbocycles. The van der Waals surface area contributed by atoms with Gasteiger partial charge in [0.2, 0.25) is 5.91 Å². The van der Waals surface area contributed by atoms with Crippen molar-refractivity contribution >= 4 is 11.9 Å². The summed E-state index contributed by atoms with van der Waals surface area (Å²) >= 11 is 0. The highest BCUT2D eigenvalue weighted by Gasteiger charge is 2.38. The standard InChI is InChI=1S/C15H24N4O.C2HF3O2/c1-18-9-13(10-19-14(11-18)5-7-17-19)4-6-16-15(20)8-12-2-3-12;3-2(4,5)1(6)7/h5,7,12-13H,2-4,6,8-11H2,1H3,(H,16,20);(H,6,7). The minimum absolute atomic E-state index is 0.231. The van der Waals surface area contributed by atoms with Crippen LogP contribution < -0.4 is 5.32 Å². The number of carboxylic acid groups (broad SMARTS) is 1. The van der Waals surface area contributed by atoms with Gasteiger partial charge in [-0.3, -0.25) is 9.48 Å². The van der Waals surface area contributed by atoms with E-state index in [9.17, 15) is 18.0 Å². The molecule has 0 bridgehead atoms. The van der Waals surface area contributed by atoms with Gasteiger partial charge in [0, 0.05) is 38.8 Å². The number of rotatable bonds is 5. The van der Waals surface area contributed by atoms with E-state index in [-0.39, 0.29) is 5.91 Å². The van der Waals surface area contributed by atoms with Gasteiger partial charge in [0.25, 0.3) is 0 Å². The summed E-state index contributed by atoms with van der Waals surface area (Å²) in [5.41, 5.74) is 1.28. The molecular weight excluding hydrogens is 365 g/mol. The molecule has 27 heavy (non-hydrogen) atoms. The molecule has 7 nitrogen and oxygen atoms in total. The number of fused-ring (bicyclic) bond motifs is 1. The van der Waals surface area contributed by atoms with Crippen molar-refractivity contribution in [3.8, 4) is 0 Å². The van der Waals surface area contributed by atoms with Crippen molar-refractivity contribution in [3.63, 3.8) is 0 Å². The van der Waals surface area contributed by atoms with Crippen LogP contribution in [0, 0.1) is 11.8 Å². The predicted octanol–water partition coefficient (Wildman–Crippen LogP) is 1.88. The van der Waals surface area contributed by atoms with E-state index in [4.69, 9.17) is 9.90 Å². The Labute approximate surface area is 155 Å². The first kappa shape index (κ1) is 21.2. The molecule has 1 amide bonds. The van der Waals surface area contributed by atoms with Crippen LogP contribution in [-0.4, -0.2) is 58.0 Å². The molecule has 1 aromatic heterocycles. The largest absolute Gasteiger partial charge is 0.490 e. The average Bonchev–Trinajstić information content (AvgIpc) is 3.29. The first-order valence-electron chi connectivity index (χ1n) is 8.91. The second-order valence-corrected chi connectivity index (χ2v) is 7.16. The number of hydrogen-bond acceptors (Lipinski definition) is 4. The van der Waals surface area contributed by atoms with Crippen molar-refractivity contribution in [2.75, 3.05) is 20.1 Å². The lowest BCUT2D eigenvalue weighted by molar-refractivity contribution is -0.192. The van der Waals surface area contributed by atoms with Gasteiger partial charge < -0.3 is 15.3 Å². The van der Waals surface area contributed by atoms with Gasteiger partial charge in [0.1, 0.15) is 0 Å². The average molecular weight is 390 g/mol. The van der Waals surface area contributed by atoms with Crippen molar-refractivity contribution < 1.29 is 27.9 Å². The summed E-state index contributed by atoms with van der Waals surface area (Å²) in [6.07, 6.45) is 1.03. The van der Waals surface area contributed by atoms with Gasteiger partial charge in [-0.25, -0.2) is 4.79 Å². The molecule has 152 valence electrons. The molecule has 2 N–H and O–H groups in total. The number of alkyl halides is 3. The Kier molecular flexibility index (Phi) is 7.23. The van der Waals surface area contributed by atoms with Crippen LogP contribution >= 0.6 is 0 Å². The maximum absolute atomic E-state index is 11.7. The van der Waals surface area contributed by atoms with Crippen molar-refractivity contribution in [1.82, 2.24) is 20.0 Å². The van der Waals surface area contributed by atoms with Gasteiger partial charge >= 0.3 is 12.1 Å². The van der Waals surface area contributed by atoms with Crippen LogP contribution in [0.2, 0.25) is 0 Å². The molecule has 2 heterocycles. The summed E-state index contributed by atoms with van der Waals surface area (Å²) in [6.45, 7) is 3.79. The van der Waals surface area contributed by atoms with Gasteiger partial charge in [0.05, 0.1) is 5.69 Å².